The minimum Gasteiger partial charge on any atom is -0.313 e. The van der Waals surface area contributed by atoms with E-state index in [1.165, 1.54) is 0 Å². The van der Waals surface area contributed by atoms with Crippen LogP contribution in [0.15, 0.2) is 5.16 Å². The Bertz CT molecular complexity index is 261. The van der Waals surface area contributed by atoms with Gasteiger partial charge in [0, 0.05) is 11.8 Å². The largest absolute Gasteiger partial charge is 0.313 e. The average Bonchev–Trinajstić information content (AvgIpc) is 2.59. The van der Waals surface area contributed by atoms with Gasteiger partial charge in [0.1, 0.15) is 5.82 Å². The summed E-state index contributed by atoms with van der Waals surface area (Å²) in [6, 6.07) is 0.559. The molecular formula is C9H18N4S. The second kappa shape index (κ2) is 6.03. The Kier molecular flexibility index (Phi) is 4.97. The average molecular weight is 214 g/mol. The summed E-state index contributed by atoms with van der Waals surface area (Å²) in [6.07, 6.45) is 1.14. The number of H-pyrrole nitrogens is 1. The number of aromatic amines is 1. The van der Waals surface area contributed by atoms with Crippen LogP contribution in [-0.2, 0) is 0 Å². The van der Waals surface area contributed by atoms with Crippen LogP contribution in [0.1, 0.15) is 26.1 Å². The molecule has 0 radical (unpaired) electrons. The molecule has 1 rings (SSSR count). The highest BCUT2D eigenvalue weighted by Crippen LogP contribution is 2.14. The van der Waals surface area contributed by atoms with Crippen LogP contribution < -0.4 is 5.32 Å². The van der Waals surface area contributed by atoms with E-state index in [-0.39, 0.29) is 0 Å². The molecule has 0 fully saturated rings. The lowest BCUT2D eigenvalue weighted by atomic mass is 10.2. The molecule has 5 heteroatoms. The van der Waals surface area contributed by atoms with Crippen LogP contribution in [0.3, 0.4) is 0 Å². The van der Waals surface area contributed by atoms with Crippen molar-refractivity contribution in [1.29, 1.82) is 0 Å². The summed E-state index contributed by atoms with van der Waals surface area (Å²) in [5.74, 6) is 1.91. The van der Waals surface area contributed by atoms with E-state index in [4.69, 9.17) is 0 Å². The van der Waals surface area contributed by atoms with Gasteiger partial charge in [-0.2, -0.15) is 0 Å². The molecule has 1 unspecified atom stereocenters. The maximum absolute atomic E-state index is 4.25. The molecule has 4 nitrogen and oxygen atoms in total. The third-order valence-corrected chi connectivity index (χ3v) is 2.99. The van der Waals surface area contributed by atoms with Crippen LogP contribution in [0.5, 0.6) is 0 Å². The third kappa shape index (κ3) is 3.67. The smallest absolute Gasteiger partial charge is 0.208 e. The zero-order chi connectivity index (χ0) is 10.4. The lowest BCUT2D eigenvalue weighted by molar-refractivity contribution is 0.560. The molecule has 0 bridgehead atoms. The minimum atomic E-state index is 0.559. The van der Waals surface area contributed by atoms with E-state index in [0.29, 0.717) is 6.04 Å². The van der Waals surface area contributed by atoms with Crippen LogP contribution >= 0.6 is 11.8 Å². The van der Waals surface area contributed by atoms with E-state index in [9.17, 15) is 0 Å². The number of rotatable bonds is 6. The van der Waals surface area contributed by atoms with E-state index in [2.05, 4.69) is 34.3 Å². The topological polar surface area (TPSA) is 53.6 Å². The fourth-order valence-electron chi connectivity index (χ4n) is 1.17. The molecule has 0 aliphatic carbocycles. The third-order valence-electron chi connectivity index (χ3n) is 1.98. The lowest BCUT2D eigenvalue weighted by Crippen LogP contribution is -2.30. The Hall–Kier alpha value is -0.550. The predicted octanol–water partition coefficient (Wildman–Crippen LogP) is 1.59. The van der Waals surface area contributed by atoms with Gasteiger partial charge in [0.05, 0.1) is 0 Å². The van der Waals surface area contributed by atoms with E-state index >= 15 is 0 Å². The molecule has 0 amide bonds. The Balaban J connectivity index is 2.31. The highest BCUT2D eigenvalue weighted by Gasteiger charge is 2.07. The molecule has 80 valence electrons. The van der Waals surface area contributed by atoms with Gasteiger partial charge in [0.2, 0.25) is 5.16 Å². The van der Waals surface area contributed by atoms with Crippen molar-refractivity contribution >= 4 is 11.8 Å². The highest BCUT2D eigenvalue weighted by molar-refractivity contribution is 7.99. The van der Waals surface area contributed by atoms with Crippen LogP contribution in [-0.4, -0.2) is 33.5 Å². The number of hydrogen-bond donors (Lipinski definition) is 2. The summed E-state index contributed by atoms with van der Waals surface area (Å²) < 4.78 is 0. The van der Waals surface area contributed by atoms with Gasteiger partial charge < -0.3 is 5.32 Å². The van der Waals surface area contributed by atoms with Crippen molar-refractivity contribution in [1.82, 2.24) is 20.5 Å². The molecule has 1 aromatic heterocycles. The number of nitrogens with zero attached hydrogens (tertiary/aromatic N) is 2. The summed E-state index contributed by atoms with van der Waals surface area (Å²) >= 11 is 1.70. The zero-order valence-corrected chi connectivity index (χ0v) is 9.82. The molecule has 0 saturated carbocycles. The first-order valence-corrected chi connectivity index (χ1v) is 6.00. The van der Waals surface area contributed by atoms with Gasteiger partial charge in [0.25, 0.3) is 0 Å². The summed E-state index contributed by atoms with van der Waals surface area (Å²) in [5, 5.41) is 11.2. The number of thioether (sulfide) groups is 1. The van der Waals surface area contributed by atoms with E-state index < -0.39 is 0 Å². The van der Waals surface area contributed by atoms with Gasteiger partial charge in [0.15, 0.2) is 0 Å². The van der Waals surface area contributed by atoms with Crippen molar-refractivity contribution in [3.8, 4) is 0 Å². The highest BCUT2D eigenvalue weighted by atomic mass is 32.2. The standard InChI is InChI=1S/C9H18N4S/c1-4-8(10-5-2)6-14-9-11-7(3)12-13-9/h8,10H,4-6H2,1-3H3,(H,11,12,13). The molecule has 1 atom stereocenters. The Morgan fingerprint density at radius 3 is 2.79 bits per heavy atom. The van der Waals surface area contributed by atoms with Gasteiger partial charge in [-0.15, -0.1) is 5.10 Å². The maximum atomic E-state index is 4.25. The number of hydrogen-bond acceptors (Lipinski definition) is 4. The van der Waals surface area contributed by atoms with Crippen molar-refractivity contribution in [2.45, 2.75) is 38.4 Å². The first kappa shape index (κ1) is 11.5. The van der Waals surface area contributed by atoms with Crippen molar-refractivity contribution in [3.63, 3.8) is 0 Å². The van der Waals surface area contributed by atoms with Gasteiger partial charge in [-0.1, -0.05) is 25.6 Å². The van der Waals surface area contributed by atoms with Crippen LogP contribution in [0.4, 0.5) is 0 Å². The molecular weight excluding hydrogens is 196 g/mol. The van der Waals surface area contributed by atoms with E-state index in [1.807, 2.05) is 6.92 Å². The van der Waals surface area contributed by atoms with Crippen LogP contribution in [0.25, 0.3) is 0 Å². The normalized spacial score (nSPS) is 13.1. The molecule has 0 saturated heterocycles. The summed E-state index contributed by atoms with van der Waals surface area (Å²) in [4.78, 5) is 4.25. The minimum absolute atomic E-state index is 0.559. The monoisotopic (exact) mass is 214 g/mol. The SMILES string of the molecule is CCNC(CC)CSc1n[nH]c(C)n1. The van der Waals surface area contributed by atoms with Crippen molar-refractivity contribution in [2.75, 3.05) is 12.3 Å². The van der Waals surface area contributed by atoms with Gasteiger partial charge in [-0.05, 0) is 19.9 Å². The fourth-order valence-corrected chi connectivity index (χ4v) is 2.19. The molecule has 0 aliphatic heterocycles. The molecule has 1 heterocycles. The first-order chi connectivity index (χ1) is 6.76. The van der Waals surface area contributed by atoms with Crippen molar-refractivity contribution < 1.29 is 0 Å². The first-order valence-electron chi connectivity index (χ1n) is 5.01. The van der Waals surface area contributed by atoms with Gasteiger partial charge in [-0.3, -0.25) is 5.10 Å². The molecule has 2 N–H and O–H groups in total. The van der Waals surface area contributed by atoms with E-state index in [1.54, 1.807) is 11.8 Å². The van der Waals surface area contributed by atoms with Crippen LogP contribution in [0, 0.1) is 6.92 Å². The number of aromatic nitrogens is 3. The van der Waals surface area contributed by atoms with Crippen molar-refractivity contribution in [3.05, 3.63) is 5.82 Å². The Morgan fingerprint density at radius 2 is 2.29 bits per heavy atom. The summed E-state index contributed by atoms with van der Waals surface area (Å²) in [7, 11) is 0. The Morgan fingerprint density at radius 1 is 1.50 bits per heavy atom. The van der Waals surface area contributed by atoms with E-state index in [0.717, 1.165) is 29.7 Å². The second-order valence-electron chi connectivity index (χ2n) is 3.18. The van der Waals surface area contributed by atoms with Crippen LogP contribution in [0.2, 0.25) is 0 Å². The zero-order valence-electron chi connectivity index (χ0n) is 9.00. The molecule has 0 aliphatic rings. The molecule has 0 spiro atoms. The Labute approximate surface area is 89.3 Å². The maximum Gasteiger partial charge on any atom is 0.208 e. The molecule has 14 heavy (non-hydrogen) atoms. The summed E-state index contributed by atoms with van der Waals surface area (Å²) in [5.41, 5.74) is 0. The van der Waals surface area contributed by atoms with Gasteiger partial charge >= 0.3 is 0 Å². The molecule has 1 aromatic rings. The van der Waals surface area contributed by atoms with Crippen molar-refractivity contribution in [2.24, 2.45) is 0 Å². The number of nitrogens with one attached hydrogen (secondary N) is 2. The second-order valence-corrected chi connectivity index (χ2v) is 4.16. The lowest BCUT2D eigenvalue weighted by Gasteiger charge is -2.13. The fraction of sp³-hybridized carbons (Fsp3) is 0.778. The predicted molar refractivity (Wildman–Crippen MR) is 59.6 cm³/mol. The molecule has 0 aromatic carbocycles. The summed E-state index contributed by atoms with van der Waals surface area (Å²) in [6.45, 7) is 7.26. The van der Waals surface area contributed by atoms with Gasteiger partial charge in [-0.25, -0.2) is 4.98 Å². The number of aryl methyl sites for hydroxylation is 1. The quantitative estimate of drug-likeness (QED) is 0.706.